The molecule has 22 heavy (non-hydrogen) atoms. The lowest BCUT2D eigenvalue weighted by atomic mass is 10.1. The number of hydrogen-bond donors (Lipinski definition) is 0. The number of thioether (sulfide) groups is 1. The van der Waals surface area contributed by atoms with Gasteiger partial charge in [-0.1, -0.05) is 29.7 Å². The van der Waals surface area contributed by atoms with E-state index in [1.165, 1.54) is 19.1 Å². The van der Waals surface area contributed by atoms with Gasteiger partial charge in [-0.25, -0.2) is 0 Å². The summed E-state index contributed by atoms with van der Waals surface area (Å²) in [4.78, 5) is 11.8. The topological polar surface area (TPSA) is 17.1 Å². The molecule has 5 heteroatoms. The van der Waals surface area contributed by atoms with Crippen molar-refractivity contribution in [2.24, 2.45) is 0 Å². The van der Waals surface area contributed by atoms with Crippen LogP contribution in [0.5, 0.6) is 0 Å². The normalized spacial score (nSPS) is 10.7. The molecule has 1 nitrogen and oxygen atoms in total. The van der Waals surface area contributed by atoms with E-state index in [2.05, 4.69) is 11.8 Å². The molecule has 0 spiro atoms. The Balaban J connectivity index is 2.18. The van der Waals surface area contributed by atoms with Crippen molar-refractivity contribution in [2.45, 2.75) is 18.0 Å². The van der Waals surface area contributed by atoms with Crippen LogP contribution in [0.4, 0.5) is 13.2 Å². The van der Waals surface area contributed by atoms with Crippen LogP contribution in [0.2, 0.25) is 0 Å². The van der Waals surface area contributed by atoms with E-state index >= 15 is 0 Å². The molecule has 0 fully saturated rings. The van der Waals surface area contributed by atoms with Gasteiger partial charge in [-0.2, -0.15) is 13.2 Å². The van der Waals surface area contributed by atoms with Crippen molar-refractivity contribution in [3.8, 4) is 11.8 Å². The number of halogens is 3. The summed E-state index contributed by atoms with van der Waals surface area (Å²) in [5.41, 5.74) is 0.259. The zero-order valence-electron chi connectivity index (χ0n) is 11.6. The van der Waals surface area contributed by atoms with Crippen LogP contribution >= 0.6 is 11.8 Å². The van der Waals surface area contributed by atoms with Crippen molar-refractivity contribution >= 4 is 16.9 Å². The Bertz CT molecular complexity index is 737. The minimum atomic E-state index is -4.37. The molecule has 0 aliphatic heterocycles. The number of carbonyl (C=O) groups is 1. The Labute approximate surface area is 130 Å². The van der Waals surface area contributed by atoms with Crippen LogP contribution in [-0.4, -0.2) is 5.12 Å². The van der Waals surface area contributed by atoms with Crippen molar-refractivity contribution in [1.29, 1.82) is 0 Å². The average molecular weight is 320 g/mol. The summed E-state index contributed by atoms with van der Waals surface area (Å²) in [5.74, 6) is 5.52. The lowest BCUT2D eigenvalue weighted by Crippen LogP contribution is -2.04. The summed E-state index contributed by atoms with van der Waals surface area (Å²) in [7, 11) is 0. The summed E-state index contributed by atoms with van der Waals surface area (Å²) >= 11 is 1.11. The van der Waals surface area contributed by atoms with E-state index in [9.17, 15) is 18.0 Å². The Morgan fingerprint density at radius 1 is 1.00 bits per heavy atom. The van der Waals surface area contributed by atoms with Crippen molar-refractivity contribution in [3.63, 3.8) is 0 Å². The Kier molecular flexibility index (Phi) is 4.94. The predicted octanol–water partition coefficient (Wildman–Crippen LogP) is 4.74. The standard InChI is InChI=1S/C17H11F3OS/c1-12(21)22-16-9-7-13(8-10-16)5-6-14-3-2-4-15(11-14)17(18,19)20/h2-4,7-11H,1H3. The first kappa shape index (κ1) is 16.2. The minimum absolute atomic E-state index is 0.0113. The lowest BCUT2D eigenvalue weighted by Gasteiger charge is -2.05. The highest BCUT2D eigenvalue weighted by Crippen LogP contribution is 2.29. The number of hydrogen-bond acceptors (Lipinski definition) is 2. The van der Waals surface area contributed by atoms with Gasteiger partial charge in [0.1, 0.15) is 0 Å². The van der Waals surface area contributed by atoms with E-state index in [0.717, 1.165) is 28.8 Å². The highest BCUT2D eigenvalue weighted by atomic mass is 32.2. The van der Waals surface area contributed by atoms with E-state index in [1.54, 1.807) is 24.3 Å². The first-order valence-corrected chi connectivity index (χ1v) is 7.14. The highest BCUT2D eigenvalue weighted by molar-refractivity contribution is 8.13. The van der Waals surface area contributed by atoms with Crippen LogP contribution in [0.3, 0.4) is 0 Å². The minimum Gasteiger partial charge on any atom is -0.287 e. The van der Waals surface area contributed by atoms with Crippen molar-refractivity contribution in [1.82, 2.24) is 0 Å². The fourth-order valence-corrected chi connectivity index (χ4v) is 2.29. The van der Waals surface area contributed by atoms with E-state index in [4.69, 9.17) is 0 Å². The molecule has 2 rings (SSSR count). The Morgan fingerprint density at radius 3 is 2.23 bits per heavy atom. The van der Waals surface area contributed by atoms with Gasteiger partial charge in [-0.05, 0) is 42.5 Å². The summed E-state index contributed by atoms with van der Waals surface area (Å²) < 4.78 is 37.8. The van der Waals surface area contributed by atoms with Gasteiger partial charge in [0.15, 0.2) is 5.12 Å². The molecule has 0 saturated carbocycles. The zero-order valence-corrected chi connectivity index (χ0v) is 12.4. The SMILES string of the molecule is CC(=O)Sc1ccc(C#Cc2cccc(C(F)(F)F)c2)cc1. The molecule has 0 aliphatic rings. The third-order valence-corrected chi connectivity index (χ3v) is 3.45. The van der Waals surface area contributed by atoms with Gasteiger partial charge in [0.2, 0.25) is 0 Å². The molecule has 0 atom stereocenters. The van der Waals surface area contributed by atoms with Gasteiger partial charge < -0.3 is 0 Å². The maximum Gasteiger partial charge on any atom is 0.416 e. The average Bonchev–Trinajstić information content (AvgIpc) is 2.45. The van der Waals surface area contributed by atoms with E-state index < -0.39 is 11.7 Å². The summed E-state index contributed by atoms with van der Waals surface area (Å²) in [6.07, 6.45) is -4.37. The second kappa shape index (κ2) is 6.71. The maximum atomic E-state index is 12.6. The van der Waals surface area contributed by atoms with Crippen LogP contribution in [0.1, 0.15) is 23.6 Å². The molecule has 0 bridgehead atoms. The third-order valence-electron chi connectivity index (χ3n) is 2.66. The fourth-order valence-electron chi connectivity index (χ4n) is 1.69. The molecule has 0 radical (unpaired) electrons. The largest absolute Gasteiger partial charge is 0.416 e. The van der Waals surface area contributed by atoms with Crippen LogP contribution in [-0.2, 0) is 11.0 Å². The number of carbonyl (C=O) groups excluding carboxylic acids is 1. The van der Waals surface area contributed by atoms with E-state index in [0.29, 0.717) is 11.1 Å². The van der Waals surface area contributed by atoms with Crippen molar-refractivity contribution in [2.75, 3.05) is 0 Å². The van der Waals surface area contributed by atoms with Gasteiger partial charge in [0.05, 0.1) is 5.56 Å². The van der Waals surface area contributed by atoms with E-state index in [-0.39, 0.29) is 5.12 Å². The molecule has 0 heterocycles. The molecule has 2 aromatic rings. The molecule has 0 aromatic heterocycles. The van der Waals surface area contributed by atoms with Crippen LogP contribution in [0.15, 0.2) is 53.4 Å². The first-order chi connectivity index (χ1) is 10.3. The fraction of sp³-hybridized carbons (Fsp3) is 0.118. The number of rotatable bonds is 1. The molecule has 0 unspecified atom stereocenters. The van der Waals surface area contributed by atoms with Gasteiger partial charge in [0.25, 0.3) is 0 Å². The summed E-state index contributed by atoms with van der Waals surface area (Å²) in [6.45, 7) is 1.48. The molecular weight excluding hydrogens is 309 g/mol. The zero-order chi connectivity index (χ0) is 16.2. The molecule has 0 saturated heterocycles. The first-order valence-electron chi connectivity index (χ1n) is 6.32. The molecule has 2 aromatic carbocycles. The molecular formula is C17H11F3OS. The highest BCUT2D eigenvalue weighted by Gasteiger charge is 2.30. The van der Waals surface area contributed by atoms with Gasteiger partial charge >= 0.3 is 6.18 Å². The smallest absolute Gasteiger partial charge is 0.287 e. The predicted molar refractivity (Wildman–Crippen MR) is 80.4 cm³/mol. The second-order valence-electron chi connectivity index (χ2n) is 4.45. The summed E-state index contributed by atoms with van der Waals surface area (Å²) in [6, 6.07) is 11.9. The van der Waals surface area contributed by atoms with Crippen LogP contribution in [0.25, 0.3) is 0 Å². The molecule has 0 N–H and O–H groups in total. The Hall–Kier alpha value is -2.19. The van der Waals surface area contributed by atoms with Gasteiger partial charge in [-0.3, -0.25) is 4.79 Å². The third kappa shape index (κ3) is 4.68. The number of alkyl halides is 3. The monoisotopic (exact) mass is 320 g/mol. The Morgan fingerprint density at radius 2 is 1.64 bits per heavy atom. The van der Waals surface area contributed by atoms with E-state index in [1.807, 2.05) is 0 Å². The van der Waals surface area contributed by atoms with Crippen molar-refractivity contribution in [3.05, 3.63) is 65.2 Å². The summed E-state index contributed by atoms with van der Waals surface area (Å²) in [5, 5.41) is -0.0113. The maximum absolute atomic E-state index is 12.6. The van der Waals surface area contributed by atoms with Crippen LogP contribution in [0, 0.1) is 11.8 Å². The van der Waals surface area contributed by atoms with Crippen LogP contribution < -0.4 is 0 Å². The molecule has 0 aliphatic carbocycles. The quantitative estimate of drug-likeness (QED) is 0.557. The molecule has 0 amide bonds. The van der Waals surface area contributed by atoms with Crippen molar-refractivity contribution < 1.29 is 18.0 Å². The lowest BCUT2D eigenvalue weighted by molar-refractivity contribution is -0.137. The van der Waals surface area contributed by atoms with Gasteiger partial charge in [0, 0.05) is 22.9 Å². The van der Waals surface area contributed by atoms with Gasteiger partial charge in [-0.15, -0.1) is 0 Å². The molecule has 112 valence electrons. The second-order valence-corrected chi connectivity index (χ2v) is 5.70. The number of benzene rings is 2.